The molecule has 0 aliphatic carbocycles. The summed E-state index contributed by atoms with van der Waals surface area (Å²) < 4.78 is 0. The van der Waals surface area contributed by atoms with E-state index < -0.39 is 0 Å². The van der Waals surface area contributed by atoms with Crippen molar-refractivity contribution in [2.24, 2.45) is 0 Å². The highest BCUT2D eigenvalue weighted by atomic mass is 15.1. The van der Waals surface area contributed by atoms with Gasteiger partial charge in [0.2, 0.25) is 0 Å². The number of hydrogen-bond donors (Lipinski definition) is 0. The van der Waals surface area contributed by atoms with Crippen LogP contribution < -0.4 is 0 Å². The van der Waals surface area contributed by atoms with Crippen molar-refractivity contribution in [3.05, 3.63) is 101 Å². The van der Waals surface area contributed by atoms with Crippen LogP contribution in [0, 0.1) is 0 Å². The zero-order valence-corrected chi connectivity index (χ0v) is 13.8. The Morgan fingerprint density at radius 2 is 1.62 bits per heavy atom. The molecule has 0 bridgehead atoms. The van der Waals surface area contributed by atoms with Gasteiger partial charge in [0.05, 0.1) is 0 Å². The summed E-state index contributed by atoms with van der Waals surface area (Å²) >= 11 is 0. The molecule has 2 heterocycles. The maximum Gasteiger partial charge on any atom is 0.0270 e. The van der Waals surface area contributed by atoms with Gasteiger partial charge in [0, 0.05) is 37.9 Å². The molecule has 0 radical (unpaired) electrons. The van der Waals surface area contributed by atoms with Crippen LogP contribution in [0.25, 0.3) is 0 Å². The lowest BCUT2D eigenvalue weighted by Crippen LogP contribution is -2.35. The molecule has 0 fully saturated rings. The highest BCUT2D eigenvalue weighted by molar-refractivity contribution is 5.40. The second kappa shape index (κ2) is 6.98. The van der Waals surface area contributed by atoms with Gasteiger partial charge in [-0.3, -0.25) is 9.88 Å². The van der Waals surface area contributed by atoms with E-state index >= 15 is 0 Å². The van der Waals surface area contributed by atoms with Gasteiger partial charge in [-0.15, -0.1) is 0 Å². The van der Waals surface area contributed by atoms with Crippen LogP contribution in [0.3, 0.4) is 0 Å². The summed E-state index contributed by atoms with van der Waals surface area (Å²) in [6, 6.07) is 24.0. The van der Waals surface area contributed by atoms with Crippen molar-refractivity contribution in [1.29, 1.82) is 0 Å². The van der Waals surface area contributed by atoms with Gasteiger partial charge in [-0.25, -0.2) is 0 Å². The molecule has 1 atom stereocenters. The predicted octanol–water partition coefficient (Wildman–Crippen LogP) is 4.27. The molecule has 3 aromatic rings. The third-order valence-corrected chi connectivity index (χ3v) is 4.93. The molecule has 2 heteroatoms. The highest BCUT2D eigenvalue weighted by Gasteiger charge is 2.25. The molecule has 2 nitrogen and oxygen atoms in total. The topological polar surface area (TPSA) is 16.1 Å². The summed E-state index contributed by atoms with van der Waals surface area (Å²) in [5.41, 5.74) is 5.73. The van der Waals surface area contributed by atoms with Crippen molar-refractivity contribution < 1.29 is 0 Å². The highest BCUT2D eigenvalue weighted by Crippen LogP contribution is 2.33. The number of rotatable bonds is 4. The molecule has 0 saturated carbocycles. The molecule has 1 unspecified atom stereocenters. The minimum absolute atomic E-state index is 0.466. The molecule has 0 amide bonds. The van der Waals surface area contributed by atoms with Gasteiger partial charge in [-0.05, 0) is 40.8 Å². The number of aromatic nitrogens is 1. The summed E-state index contributed by atoms with van der Waals surface area (Å²) in [7, 11) is 0. The standard InChI is InChI=1S/C22H22N2/c1-2-6-19(7-3-1)22-17-24(15-12-18-10-13-23-14-11-18)16-20-8-4-5-9-21(20)22/h1-11,13-14,22H,12,15-17H2. The van der Waals surface area contributed by atoms with Gasteiger partial charge in [-0.1, -0.05) is 54.6 Å². The van der Waals surface area contributed by atoms with Crippen LogP contribution in [0.4, 0.5) is 0 Å². The first-order chi connectivity index (χ1) is 11.9. The van der Waals surface area contributed by atoms with Gasteiger partial charge in [0.1, 0.15) is 0 Å². The van der Waals surface area contributed by atoms with E-state index in [2.05, 4.69) is 76.6 Å². The summed E-state index contributed by atoms with van der Waals surface area (Å²) in [5.74, 6) is 0.466. The fourth-order valence-corrected chi connectivity index (χ4v) is 3.66. The van der Waals surface area contributed by atoms with Gasteiger partial charge in [0.25, 0.3) is 0 Å². The van der Waals surface area contributed by atoms with E-state index in [-0.39, 0.29) is 0 Å². The molecule has 1 aliphatic rings. The van der Waals surface area contributed by atoms with E-state index in [9.17, 15) is 0 Å². The van der Waals surface area contributed by atoms with Crippen molar-refractivity contribution in [3.63, 3.8) is 0 Å². The lowest BCUT2D eigenvalue weighted by molar-refractivity contribution is 0.243. The zero-order valence-electron chi connectivity index (χ0n) is 13.8. The Bertz CT molecular complexity index is 783. The maximum absolute atomic E-state index is 4.11. The Hall–Kier alpha value is -2.45. The van der Waals surface area contributed by atoms with Crippen LogP contribution in [0.1, 0.15) is 28.2 Å². The second-order valence-electron chi connectivity index (χ2n) is 6.50. The van der Waals surface area contributed by atoms with E-state index in [4.69, 9.17) is 0 Å². The summed E-state index contributed by atoms with van der Waals surface area (Å²) in [6.07, 6.45) is 4.84. The van der Waals surface area contributed by atoms with Crippen molar-refractivity contribution in [3.8, 4) is 0 Å². The first-order valence-corrected chi connectivity index (χ1v) is 8.64. The molecule has 1 aromatic heterocycles. The number of benzene rings is 2. The Balaban J connectivity index is 1.56. The van der Waals surface area contributed by atoms with E-state index in [1.807, 2.05) is 12.4 Å². The van der Waals surface area contributed by atoms with Gasteiger partial charge in [0.15, 0.2) is 0 Å². The molecule has 120 valence electrons. The van der Waals surface area contributed by atoms with E-state index in [0.717, 1.165) is 26.1 Å². The maximum atomic E-state index is 4.11. The average Bonchev–Trinajstić information content (AvgIpc) is 2.67. The van der Waals surface area contributed by atoms with Crippen molar-refractivity contribution in [1.82, 2.24) is 9.88 Å². The fraction of sp³-hybridized carbons (Fsp3) is 0.227. The quantitative estimate of drug-likeness (QED) is 0.715. The van der Waals surface area contributed by atoms with Crippen LogP contribution in [-0.4, -0.2) is 23.0 Å². The summed E-state index contributed by atoms with van der Waals surface area (Å²) in [4.78, 5) is 6.69. The van der Waals surface area contributed by atoms with Crippen LogP contribution in [0.5, 0.6) is 0 Å². The number of pyridine rings is 1. The number of nitrogens with zero attached hydrogens (tertiary/aromatic N) is 2. The molecular weight excluding hydrogens is 292 g/mol. The first kappa shape index (κ1) is 15.1. The first-order valence-electron chi connectivity index (χ1n) is 8.64. The molecular formula is C22H22N2. The van der Waals surface area contributed by atoms with Crippen LogP contribution in [-0.2, 0) is 13.0 Å². The Morgan fingerprint density at radius 3 is 2.46 bits per heavy atom. The second-order valence-corrected chi connectivity index (χ2v) is 6.50. The minimum Gasteiger partial charge on any atom is -0.298 e. The molecule has 2 aromatic carbocycles. The van der Waals surface area contributed by atoms with Gasteiger partial charge < -0.3 is 0 Å². The average molecular weight is 314 g/mol. The SMILES string of the molecule is c1ccc(C2CN(CCc3ccncc3)Cc3ccccc32)cc1. The number of fused-ring (bicyclic) bond motifs is 1. The molecule has 1 aliphatic heterocycles. The van der Waals surface area contributed by atoms with E-state index in [1.165, 1.54) is 22.3 Å². The fourth-order valence-electron chi connectivity index (χ4n) is 3.66. The van der Waals surface area contributed by atoms with Crippen LogP contribution >= 0.6 is 0 Å². The predicted molar refractivity (Wildman–Crippen MR) is 97.9 cm³/mol. The summed E-state index contributed by atoms with van der Waals surface area (Å²) in [5, 5.41) is 0. The lowest BCUT2D eigenvalue weighted by atomic mass is 9.84. The molecule has 4 rings (SSSR count). The Labute approximate surface area is 143 Å². The molecule has 0 spiro atoms. The smallest absolute Gasteiger partial charge is 0.0270 e. The number of hydrogen-bond acceptors (Lipinski definition) is 2. The van der Waals surface area contributed by atoms with E-state index in [1.54, 1.807) is 0 Å². The zero-order chi connectivity index (χ0) is 16.2. The van der Waals surface area contributed by atoms with Crippen molar-refractivity contribution in [2.45, 2.75) is 18.9 Å². The normalized spacial score (nSPS) is 17.4. The van der Waals surface area contributed by atoms with Gasteiger partial charge in [-0.2, -0.15) is 0 Å². The van der Waals surface area contributed by atoms with Crippen LogP contribution in [0.2, 0.25) is 0 Å². The molecule has 0 N–H and O–H groups in total. The minimum atomic E-state index is 0.466. The van der Waals surface area contributed by atoms with Crippen molar-refractivity contribution in [2.75, 3.05) is 13.1 Å². The van der Waals surface area contributed by atoms with Gasteiger partial charge >= 0.3 is 0 Å². The summed E-state index contributed by atoms with van der Waals surface area (Å²) in [6.45, 7) is 3.22. The largest absolute Gasteiger partial charge is 0.298 e. The van der Waals surface area contributed by atoms with E-state index in [0.29, 0.717) is 5.92 Å². The monoisotopic (exact) mass is 314 g/mol. The third-order valence-electron chi connectivity index (χ3n) is 4.93. The lowest BCUT2D eigenvalue weighted by Gasteiger charge is -2.35. The van der Waals surface area contributed by atoms with Crippen molar-refractivity contribution >= 4 is 0 Å². The third kappa shape index (κ3) is 3.24. The Kier molecular flexibility index (Phi) is 4.39. The molecule has 24 heavy (non-hydrogen) atoms. The molecule has 0 saturated heterocycles. The van der Waals surface area contributed by atoms with Crippen LogP contribution in [0.15, 0.2) is 79.1 Å². The Morgan fingerprint density at radius 1 is 0.875 bits per heavy atom.